The van der Waals surface area contributed by atoms with Crippen LogP contribution in [0.2, 0.25) is 5.28 Å². The Kier molecular flexibility index (Phi) is 15.0. The van der Waals surface area contributed by atoms with E-state index in [9.17, 15) is 46.0 Å². The molecule has 0 atom stereocenters. The largest absolute Gasteiger partial charge is 1.00 e. The Bertz CT molecular complexity index is 2320. The molecule has 4 rings (SSSR count). The van der Waals surface area contributed by atoms with Gasteiger partial charge < -0.3 is 35.9 Å². The van der Waals surface area contributed by atoms with Gasteiger partial charge in [-0.3, -0.25) is 14.1 Å². The van der Waals surface area contributed by atoms with Gasteiger partial charge in [0.2, 0.25) is 23.1 Å². The van der Waals surface area contributed by atoms with E-state index in [4.69, 9.17) is 17.3 Å². The Hall–Kier alpha value is -3.77. The smallest absolute Gasteiger partial charge is 0.859 e. The number of nitrogens with one attached hydrogen (secondary N) is 2. The first-order valence-electron chi connectivity index (χ1n) is 13.3. The van der Waals surface area contributed by atoms with Gasteiger partial charge in [-0.25, -0.2) is 8.42 Å². The fourth-order valence-electron chi connectivity index (χ4n) is 4.15. The molecule has 24 heteroatoms. The average molecular weight is 778 g/mol. The van der Waals surface area contributed by atoms with Crippen molar-refractivity contribution >= 4 is 78.1 Å². The number of nitrogens with two attached hydrogens (primary N) is 1. The topological polar surface area (TPSA) is 304 Å². The second-order valence-electron chi connectivity index (χ2n) is 9.69. The summed E-state index contributed by atoms with van der Waals surface area (Å²) in [6, 6.07) is 8.67. The van der Waals surface area contributed by atoms with Gasteiger partial charge in [0.25, 0.3) is 15.7 Å². The van der Waals surface area contributed by atoms with Gasteiger partial charge in [0, 0.05) is 35.7 Å². The predicted octanol–water partition coefficient (Wildman–Crippen LogP) is -4.62. The zero-order chi connectivity index (χ0) is 36.3. The molecule has 0 fully saturated rings. The van der Waals surface area contributed by atoms with E-state index in [1.807, 2.05) is 0 Å². The van der Waals surface area contributed by atoms with Gasteiger partial charge in [-0.1, -0.05) is 6.58 Å². The number of carboxylic acid groups (broad SMARTS) is 1. The molecule has 0 radical (unpaired) electrons. The maximum Gasteiger partial charge on any atom is 1.00 e. The number of carboxylic acids is 1. The van der Waals surface area contributed by atoms with Crippen molar-refractivity contribution in [2.75, 3.05) is 10.6 Å². The summed E-state index contributed by atoms with van der Waals surface area (Å²) in [5.74, 6) is -4.31. The van der Waals surface area contributed by atoms with Gasteiger partial charge in [-0.15, -0.1) is 10.2 Å². The zero-order valence-corrected chi connectivity index (χ0v) is 33.2. The molecule has 4 aromatic rings. The number of aromatic nitrogens is 4. The summed E-state index contributed by atoms with van der Waals surface area (Å²) >= 11 is 6.05. The Morgan fingerprint density at radius 1 is 1.02 bits per heavy atom. The molecular weight excluding hydrogens is 756 g/mol. The molecule has 5 N–H and O–H groups in total. The monoisotopic (exact) mass is 777 g/mol. The van der Waals surface area contributed by atoms with E-state index in [0.717, 1.165) is 24.5 Å². The number of sulfone groups is 1. The number of halogens is 1. The Morgan fingerprint density at radius 2 is 1.59 bits per heavy atom. The van der Waals surface area contributed by atoms with E-state index in [1.54, 1.807) is 0 Å². The van der Waals surface area contributed by atoms with Crippen LogP contribution in [-0.4, -0.2) is 52.8 Å². The summed E-state index contributed by atoms with van der Waals surface area (Å²) in [5.41, 5.74) is 2.33. The van der Waals surface area contributed by atoms with Crippen molar-refractivity contribution in [2.45, 2.75) is 29.7 Å². The summed E-state index contributed by atoms with van der Waals surface area (Å²) in [5, 5.41) is 37.2. The quantitative estimate of drug-likeness (QED) is 0.0564. The molecule has 2 aromatic heterocycles. The molecule has 51 heavy (non-hydrogen) atoms. The second kappa shape index (κ2) is 17.6. The summed E-state index contributed by atoms with van der Waals surface area (Å²) in [7, 11) is -8.60. The minimum atomic E-state index is -4.94. The molecule has 0 saturated carbocycles. The van der Waals surface area contributed by atoms with Crippen LogP contribution in [0, 0.1) is 6.92 Å². The number of carbonyl (C=O) groups is 2. The number of aliphatic carboxylic acids is 1. The van der Waals surface area contributed by atoms with Crippen LogP contribution in [-0.2, 0) is 31.3 Å². The third-order valence-corrected chi connectivity index (χ3v) is 8.88. The molecule has 256 valence electrons. The minimum absolute atomic E-state index is 0. The van der Waals surface area contributed by atoms with E-state index >= 15 is 0 Å². The van der Waals surface area contributed by atoms with Crippen LogP contribution in [0.5, 0.6) is 5.88 Å². The van der Waals surface area contributed by atoms with E-state index < -0.39 is 78.1 Å². The molecule has 0 bridgehead atoms. The average Bonchev–Trinajstić information content (AvgIpc) is 3.00. The normalized spacial score (nSPS) is 11.3. The first kappa shape index (κ1) is 43.4. The fourth-order valence-corrected chi connectivity index (χ4v) is 5.62. The third kappa shape index (κ3) is 10.6. The molecule has 0 spiro atoms. The van der Waals surface area contributed by atoms with Gasteiger partial charge in [0.15, 0.2) is 15.5 Å². The van der Waals surface area contributed by atoms with E-state index in [1.165, 1.54) is 30.3 Å². The van der Waals surface area contributed by atoms with Gasteiger partial charge in [0.1, 0.15) is 10.6 Å². The molecular formula is C27H22ClN9Na2O10S2. The van der Waals surface area contributed by atoms with E-state index in [2.05, 4.69) is 42.4 Å². The standard InChI is InChI=1S/C27H24ClN9O10S2.2Na/c1-3-48(43,44)16-7-4-14(5-8-16)30-26-32-25(28)33-27(34-26)31-15-6-9-18(49(45,46)47)17(12-15)35-36-21-13(2)20(22(29)40)23(41)37(24(21)42)11-10-19(38)39;;/h3-9,12,41H,1,10-11H2,2H3,(H2,29,40)(H,38,39)(H,45,46,47)(H2,30,31,32,33,34);;/q;2*+1/p-2. The molecule has 2 aromatic carbocycles. The number of amides is 1. The zero-order valence-electron chi connectivity index (χ0n) is 26.8. The number of azo groups is 1. The van der Waals surface area contributed by atoms with Crippen LogP contribution < -0.4 is 91.3 Å². The van der Waals surface area contributed by atoms with Crippen molar-refractivity contribution in [3.05, 3.63) is 81.2 Å². The van der Waals surface area contributed by atoms with Crippen molar-refractivity contribution < 1.29 is 100 Å². The Balaban J connectivity index is 0.00000451. The van der Waals surface area contributed by atoms with E-state index in [-0.39, 0.29) is 92.4 Å². The third-order valence-electron chi connectivity index (χ3n) is 6.44. The van der Waals surface area contributed by atoms with Crippen LogP contribution in [0.15, 0.2) is 79.3 Å². The van der Waals surface area contributed by atoms with Crippen LogP contribution in [0.25, 0.3) is 0 Å². The molecule has 0 aliphatic carbocycles. The van der Waals surface area contributed by atoms with Gasteiger partial charge in [-0.2, -0.15) is 23.4 Å². The fraction of sp³-hybridized carbons (Fsp3) is 0.111. The molecule has 0 aliphatic heterocycles. The van der Waals surface area contributed by atoms with Crippen LogP contribution in [0.4, 0.5) is 34.6 Å². The maximum atomic E-state index is 13.1. The van der Waals surface area contributed by atoms with E-state index in [0.29, 0.717) is 10.3 Å². The molecule has 19 nitrogen and oxygen atoms in total. The number of hydrogen-bond acceptors (Lipinski definition) is 16. The van der Waals surface area contributed by atoms with Crippen molar-refractivity contribution in [3.63, 3.8) is 0 Å². The number of hydrogen-bond donors (Lipinski definition) is 4. The van der Waals surface area contributed by atoms with Crippen molar-refractivity contribution in [3.8, 4) is 5.88 Å². The first-order chi connectivity index (χ1) is 22.9. The SMILES string of the molecule is C=CS(=O)(=O)c1ccc(Nc2nc(Cl)nc(Nc3ccc(S(=O)(=O)O)c(N=Nc4c(C)c(C(N)=O)c([O-])n(CCC(=O)[O-])c4=O)c3)n2)cc1.[Na+].[Na+]. The number of anilines is 4. The Morgan fingerprint density at radius 3 is 2.12 bits per heavy atom. The van der Waals surface area contributed by atoms with Gasteiger partial charge >= 0.3 is 59.1 Å². The number of carbonyl (C=O) groups excluding carboxylic acids is 2. The van der Waals surface area contributed by atoms with Crippen LogP contribution in [0.3, 0.4) is 0 Å². The molecule has 2 heterocycles. The summed E-state index contributed by atoms with van der Waals surface area (Å²) in [6.07, 6.45) is -0.779. The molecule has 0 aliphatic rings. The number of nitrogens with zero attached hydrogens (tertiary/aromatic N) is 6. The van der Waals surface area contributed by atoms with Crippen LogP contribution in [0.1, 0.15) is 22.3 Å². The number of benzene rings is 2. The van der Waals surface area contributed by atoms with Crippen LogP contribution >= 0.6 is 11.6 Å². The predicted molar refractivity (Wildman–Crippen MR) is 169 cm³/mol. The summed E-state index contributed by atoms with van der Waals surface area (Å²) in [4.78, 5) is 47.3. The van der Waals surface area contributed by atoms with Gasteiger partial charge in [-0.05, 0) is 72.4 Å². The molecule has 0 saturated heterocycles. The number of pyridine rings is 1. The molecule has 0 unspecified atom stereocenters. The minimum Gasteiger partial charge on any atom is -0.859 e. The Labute approximate surface area is 338 Å². The summed E-state index contributed by atoms with van der Waals surface area (Å²) < 4.78 is 58.4. The number of rotatable bonds is 13. The van der Waals surface area contributed by atoms with Crippen molar-refractivity contribution in [1.82, 2.24) is 19.5 Å². The maximum absolute atomic E-state index is 13.1. The number of primary amides is 1. The molecule has 1 amide bonds. The van der Waals surface area contributed by atoms with Crippen molar-refractivity contribution in [2.24, 2.45) is 16.0 Å². The first-order valence-corrected chi connectivity index (χ1v) is 16.7. The van der Waals surface area contributed by atoms with Crippen molar-refractivity contribution in [1.29, 1.82) is 0 Å². The second-order valence-corrected chi connectivity index (χ2v) is 13.3. The van der Waals surface area contributed by atoms with Gasteiger partial charge in [0.05, 0.1) is 10.5 Å². The summed E-state index contributed by atoms with van der Waals surface area (Å²) in [6.45, 7) is 3.72.